The van der Waals surface area contributed by atoms with Gasteiger partial charge in [-0.15, -0.1) is 0 Å². The van der Waals surface area contributed by atoms with Crippen molar-refractivity contribution in [3.8, 4) is 0 Å². The Morgan fingerprint density at radius 1 is 1.41 bits per heavy atom. The molecule has 4 heteroatoms. The number of amides is 1. The Hall–Kier alpha value is -1.42. The van der Waals surface area contributed by atoms with Gasteiger partial charge in [0.2, 0.25) is 5.91 Å². The summed E-state index contributed by atoms with van der Waals surface area (Å²) in [5.41, 5.74) is 0.992. The Bertz CT molecular complexity index is 504. The van der Waals surface area contributed by atoms with Crippen LogP contribution in [0.5, 0.6) is 0 Å². The van der Waals surface area contributed by atoms with Crippen LogP contribution in [-0.4, -0.2) is 48.9 Å². The molecule has 22 heavy (non-hydrogen) atoms. The number of carbonyl (C=O) groups is 1. The summed E-state index contributed by atoms with van der Waals surface area (Å²) in [6, 6.07) is 7.17. The third-order valence-corrected chi connectivity index (χ3v) is 4.61. The van der Waals surface area contributed by atoms with Crippen LogP contribution >= 0.6 is 0 Å². The number of unbranched alkanes of at least 4 members (excludes halogenated alkanes) is 1. The van der Waals surface area contributed by atoms with E-state index in [4.69, 9.17) is 0 Å². The third kappa shape index (κ3) is 4.07. The van der Waals surface area contributed by atoms with Crippen LogP contribution in [0.2, 0.25) is 0 Å². The van der Waals surface area contributed by atoms with Crippen molar-refractivity contribution in [2.75, 3.05) is 27.2 Å². The Kier molecular flexibility index (Phi) is 5.95. The zero-order valence-corrected chi connectivity index (χ0v) is 13.9. The Morgan fingerprint density at radius 2 is 2.18 bits per heavy atom. The number of likely N-dealkylation sites (N-methyl/N-ethyl adjacent to an activating group) is 1. The molecule has 1 aromatic carbocycles. The highest BCUT2D eigenvalue weighted by atomic mass is 19.1. The maximum Gasteiger partial charge on any atom is 0.222 e. The SMILES string of the molecule is CCCCC(=O)N1CC[C@H](N(C)C)[C@@H](c2cccc(F)c2)C1. The van der Waals surface area contributed by atoms with Crippen molar-refractivity contribution in [2.45, 2.75) is 44.6 Å². The van der Waals surface area contributed by atoms with Crippen LogP contribution in [0.15, 0.2) is 24.3 Å². The number of carbonyl (C=O) groups excluding carboxylic acids is 1. The van der Waals surface area contributed by atoms with Crippen molar-refractivity contribution in [1.29, 1.82) is 0 Å². The first-order valence-electron chi connectivity index (χ1n) is 8.22. The molecule has 0 N–H and O–H groups in total. The van der Waals surface area contributed by atoms with Gasteiger partial charge in [-0.1, -0.05) is 25.5 Å². The fourth-order valence-corrected chi connectivity index (χ4v) is 3.34. The molecule has 0 saturated carbocycles. The second-order valence-electron chi connectivity index (χ2n) is 6.42. The number of halogens is 1. The summed E-state index contributed by atoms with van der Waals surface area (Å²) in [5.74, 6) is 0.204. The van der Waals surface area contributed by atoms with Gasteiger partial charge in [0.25, 0.3) is 0 Å². The van der Waals surface area contributed by atoms with E-state index < -0.39 is 0 Å². The zero-order chi connectivity index (χ0) is 16.1. The Labute approximate surface area is 133 Å². The lowest BCUT2D eigenvalue weighted by Crippen LogP contribution is -2.49. The van der Waals surface area contributed by atoms with Crippen LogP contribution in [0.4, 0.5) is 4.39 Å². The smallest absolute Gasteiger partial charge is 0.222 e. The number of piperidine rings is 1. The summed E-state index contributed by atoms with van der Waals surface area (Å²) in [4.78, 5) is 16.5. The van der Waals surface area contributed by atoms with Gasteiger partial charge < -0.3 is 9.80 Å². The monoisotopic (exact) mass is 306 g/mol. The molecule has 1 heterocycles. The number of hydrogen-bond donors (Lipinski definition) is 0. The fourth-order valence-electron chi connectivity index (χ4n) is 3.34. The van der Waals surface area contributed by atoms with Gasteiger partial charge in [-0.3, -0.25) is 4.79 Å². The first-order chi connectivity index (χ1) is 10.5. The number of nitrogens with zero attached hydrogens (tertiary/aromatic N) is 2. The minimum absolute atomic E-state index is 0.171. The van der Waals surface area contributed by atoms with E-state index in [1.165, 1.54) is 6.07 Å². The maximum atomic E-state index is 13.6. The second kappa shape index (κ2) is 7.73. The molecule has 1 fully saturated rings. The molecule has 1 saturated heterocycles. The highest BCUT2D eigenvalue weighted by molar-refractivity contribution is 5.76. The number of benzene rings is 1. The molecule has 0 aliphatic carbocycles. The third-order valence-electron chi connectivity index (χ3n) is 4.61. The average Bonchev–Trinajstić information content (AvgIpc) is 2.51. The molecule has 0 radical (unpaired) electrons. The molecule has 1 amide bonds. The van der Waals surface area contributed by atoms with E-state index >= 15 is 0 Å². The summed E-state index contributed by atoms with van der Waals surface area (Å²) < 4.78 is 13.6. The summed E-state index contributed by atoms with van der Waals surface area (Å²) in [6.07, 6.45) is 3.54. The molecule has 0 bridgehead atoms. The lowest BCUT2D eigenvalue weighted by atomic mass is 9.85. The van der Waals surface area contributed by atoms with Crippen LogP contribution in [0.25, 0.3) is 0 Å². The standard InChI is InChI=1S/C18H27FN2O/c1-4-5-9-18(22)21-11-10-17(20(2)3)16(13-21)14-7-6-8-15(19)12-14/h6-8,12,16-17H,4-5,9-11,13H2,1-3H3/t16-,17+/m1/s1. The first kappa shape index (κ1) is 16.9. The molecule has 122 valence electrons. The van der Waals surface area contributed by atoms with Crippen molar-refractivity contribution < 1.29 is 9.18 Å². The van der Waals surface area contributed by atoms with Gasteiger partial charge in [0.05, 0.1) is 0 Å². The van der Waals surface area contributed by atoms with E-state index in [9.17, 15) is 9.18 Å². The van der Waals surface area contributed by atoms with Crippen LogP contribution in [0, 0.1) is 5.82 Å². The van der Waals surface area contributed by atoms with E-state index in [2.05, 4.69) is 25.9 Å². The Morgan fingerprint density at radius 3 is 2.82 bits per heavy atom. The molecule has 3 nitrogen and oxygen atoms in total. The quantitative estimate of drug-likeness (QED) is 0.833. The molecule has 0 spiro atoms. The summed E-state index contributed by atoms with van der Waals surface area (Å²) >= 11 is 0. The lowest BCUT2D eigenvalue weighted by Gasteiger charge is -2.42. The first-order valence-corrected chi connectivity index (χ1v) is 8.22. The predicted molar refractivity (Wildman–Crippen MR) is 87.3 cm³/mol. The zero-order valence-electron chi connectivity index (χ0n) is 13.9. The van der Waals surface area contributed by atoms with Gasteiger partial charge in [0.1, 0.15) is 5.82 Å². The predicted octanol–water partition coefficient (Wildman–Crippen LogP) is 3.26. The highest BCUT2D eigenvalue weighted by Gasteiger charge is 2.33. The van der Waals surface area contributed by atoms with Crippen molar-refractivity contribution in [3.05, 3.63) is 35.6 Å². The summed E-state index contributed by atoms with van der Waals surface area (Å²) in [7, 11) is 4.12. The van der Waals surface area contributed by atoms with E-state index in [-0.39, 0.29) is 17.6 Å². The van der Waals surface area contributed by atoms with Gasteiger partial charge in [-0.2, -0.15) is 0 Å². The molecular formula is C18H27FN2O. The fraction of sp³-hybridized carbons (Fsp3) is 0.611. The molecule has 1 aliphatic rings. The minimum Gasteiger partial charge on any atom is -0.342 e. The van der Waals surface area contributed by atoms with Crippen molar-refractivity contribution >= 4 is 5.91 Å². The topological polar surface area (TPSA) is 23.6 Å². The molecule has 2 rings (SSSR count). The van der Waals surface area contributed by atoms with Gasteiger partial charge in [0.15, 0.2) is 0 Å². The van der Waals surface area contributed by atoms with Crippen molar-refractivity contribution in [3.63, 3.8) is 0 Å². The molecule has 2 atom stereocenters. The maximum absolute atomic E-state index is 13.6. The van der Waals surface area contributed by atoms with Gasteiger partial charge in [-0.25, -0.2) is 4.39 Å². The largest absolute Gasteiger partial charge is 0.342 e. The number of rotatable bonds is 5. The van der Waals surface area contributed by atoms with E-state index in [1.54, 1.807) is 12.1 Å². The molecule has 0 aromatic heterocycles. The van der Waals surface area contributed by atoms with E-state index in [1.807, 2.05) is 11.0 Å². The minimum atomic E-state index is -0.204. The van der Waals surface area contributed by atoms with E-state index in [0.29, 0.717) is 19.0 Å². The van der Waals surface area contributed by atoms with Crippen LogP contribution in [0.1, 0.15) is 44.1 Å². The second-order valence-corrected chi connectivity index (χ2v) is 6.42. The number of likely N-dealkylation sites (tertiary alicyclic amines) is 1. The molecule has 1 aliphatic heterocycles. The lowest BCUT2D eigenvalue weighted by molar-refractivity contribution is -0.133. The van der Waals surface area contributed by atoms with Crippen molar-refractivity contribution in [2.24, 2.45) is 0 Å². The number of hydrogen-bond acceptors (Lipinski definition) is 2. The molecule has 1 aromatic rings. The van der Waals surface area contributed by atoms with Crippen LogP contribution in [-0.2, 0) is 4.79 Å². The molecular weight excluding hydrogens is 279 g/mol. The highest BCUT2D eigenvalue weighted by Crippen LogP contribution is 2.30. The van der Waals surface area contributed by atoms with Crippen LogP contribution in [0.3, 0.4) is 0 Å². The van der Waals surface area contributed by atoms with E-state index in [0.717, 1.165) is 31.4 Å². The van der Waals surface area contributed by atoms with Crippen LogP contribution < -0.4 is 0 Å². The van der Waals surface area contributed by atoms with Gasteiger partial charge in [0, 0.05) is 31.5 Å². The average molecular weight is 306 g/mol. The normalized spacial score (nSPS) is 22.1. The summed E-state index contributed by atoms with van der Waals surface area (Å²) in [5, 5.41) is 0. The van der Waals surface area contributed by atoms with Gasteiger partial charge >= 0.3 is 0 Å². The Balaban J connectivity index is 2.16. The van der Waals surface area contributed by atoms with Crippen molar-refractivity contribution in [1.82, 2.24) is 9.80 Å². The van der Waals surface area contributed by atoms with Gasteiger partial charge in [-0.05, 0) is 44.6 Å². The summed E-state index contributed by atoms with van der Waals surface area (Å²) in [6.45, 7) is 3.59. The molecule has 0 unspecified atom stereocenters.